The molecule has 0 radical (unpaired) electrons. The molecule has 2 aromatic rings. The van der Waals surface area contributed by atoms with Crippen molar-refractivity contribution in [1.29, 1.82) is 0 Å². The third-order valence-electron chi connectivity index (χ3n) is 2.87. The van der Waals surface area contributed by atoms with Gasteiger partial charge in [0.25, 0.3) is 0 Å². The van der Waals surface area contributed by atoms with Crippen molar-refractivity contribution >= 4 is 15.9 Å². The van der Waals surface area contributed by atoms with E-state index in [1.54, 1.807) is 18.2 Å². The molecule has 0 aliphatic carbocycles. The molecule has 0 atom stereocenters. The minimum Gasteiger partial charge on any atom is -0.489 e. The molecule has 0 unspecified atom stereocenters. The highest BCUT2D eigenvalue weighted by atomic mass is 79.9. The van der Waals surface area contributed by atoms with E-state index < -0.39 is 11.7 Å². The first-order valence-corrected chi connectivity index (χ1v) is 6.87. The number of hydrogen-bond donors (Lipinski definition) is 1. The lowest BCUT2D eigenvalue weighted by atomic mass is 10.1. The number of aliphatic hydroxyl groups excluding tert-OH is 1. The van der Waals surface area contributed by atoms with Crippen molar-refractivity contribution in [3.05, 3.63) is 63.6 Å². The summed E-state index contributed by atoms with van der Waals surface area (Å²) in [5, 5.41) is 9.14. The smallest absolute Gasteiger partial charge is 0.416 e. The van der Waals surface area contributed by atoms with Crippen LogP contribution >= 0.6 is 15.9 Å². The van der Waals surface area contributed by atoms with Crippen LogP contribution in [0.3, 0.4) is 0 Å². The zero-order valence-electron chi connectivity index (χ0n) is 10.8. The maximum Gasteiger partial charge on any atom is 0.416 e. The zero-order valence-corrected chi connectivity index (χ0v) is 12.4. The second kappa shape index (κ2) is 6.49. The summed E-state index contributed by atoms with van der Waals surface area (Å²) in [5.74, 6) is 0.544. The molecular weight excluding hydrogens is 349 g/mol. The molecule has 0 aliphatic rings. The Kier molecular flexibility index (Phi) is 4.90. The summed E-state index contributed by atoms with van der Waals surface area (Å²) in [6.45, 7) is 0.0305. The van der Waals surface area contributed by atoms with Crippen LogP contribution in [0.5, 0.6) is 5.75 Å². The molecule has 6 heteroatoms. The molecule has 0 fully saturated rings. The van der Waals surface area contributed by atoms with Crippen LogP contribution in [0.2, 0.25) is 0 Å². The van der Waals surface area contributed by atoms with E-state index in [9.17, 15) is 13.2 Å². The predicted molar refractivity (Wildman–Crippen MR) is 75.8 cm³/mol. The van der Waals surface area contributed by atoms with Gasteiger partial charge in [-0.25, -0.2) is 0 Å². The summed E-state index contributed by atoms with van der Waals surface area (Å²) in [7, 11) is 0. The van der Waals surface area contributed by atoms with Gasteiger partial charge in [0.05, 0.1) is 12.2 Å². The highest BCUT2D eigenvalue weighted by Crippen LogP contribution is 2.29. The van der Waals surface area contributed by atoms with Crippen LogP contribution in [-0.4, -0.2) is 5.11 Å². The first-order valence-electron chi connectivity index (χ1n) is 6.08. The van der Waals surface area contributed by atoms with Crippen LogP contribution in [0.15, 0.2) is 46.9 Å². The summed E-state index contributed by atoms with van der Waals surface area (Å²) in [6.07, 6.45) is -4.33. The highest BCUT2D eigenvalue weighted by molar-refractivity contribution is 9.10. The van der Waals surface area contributed by atoms with Crippen molar-refractivity contribution in [2.75, 3.05) is 0 Å². The van der Waals surface area contributed by atoms with E-state index in [0.29, 0.717) is 16.9 Å². The van der Waals surface area contributed by atoms with Gasteiger partial charge in [-0.05, 0) is 41.5 Å². The standard InChI is InChI=1S/C15H12BrF3O2/c16-14-6-5-13(7-11(14)8-20)21-9-10-1-3-12(4-2-10)15(17,18)19/h1-7,20H,8-9H2. The Labute approximate surface area is 128 Å². The van der Waals surface area contributed by atoms with Crippen molar-refractivity contribution in [1.82, 2.24) is 0 Å². The maximum atomic E-state index is 12.4. The second-order valence-electron chi connectivity index (χ2n) is 4.39. The fourth-order valence-corrected chi connectivity index (χ4v) is 2.09. The Morgan fingerprint density at radius 1 is 1.05 bits per heavy atom. The van der Waals surface area contributed by atoms with E-state index in [1.165, 1.54) is 12.1 Å². The van der Waals surface area contributed by atoms with Gasteiger partial charge in [0.15, 0.2) is 0 Å². The van der Waals surface area contributed by atoms with Crippen LogP contribution in [-0.2, 0) is 19.4 Å². The second-order valence-corrected chi connectivity index (χ2v) is 5.25. The van der Waals surface area contributed by atoms with E-state index in [4.69, 9.17) is 9.84 Å². The molecule has 21 heavy (non-hydrogen) atoms. The highest BCUT2D eigenvalue weighted by Gasteiger charge is 2.29. The van der Waals surface area contributed by atoms with Crippen LogP contribution < -0.4 is 4.74 Å². The Morgan fingerprint density at radius 3 is 2.29 bits per heavy atom. The quantitative estimate of drug-likeness (QED) is 0.867. The fourth-order valence-electron chi connectivity index (χ4n) is 1.72. The lowest BCUT2D eigenvalue weighted by molar-refractivity contribution is -0.137. The van der Waals surface area contributed by atoms with Gasteiger partial charge in [-0.3, -0.25) is 0 Å². The monoisotopic (exact) mass is 360 g/mol. The average molecular weight is 361 g/mol. The minimum absolute atomic E-state index is 0.127. The van der Waals surface area contributed by atoms with Gasteiger partial charge in [-0.15, -0.1) is 0 Å². The van der Waals surface area contributed by atoms with Crippen molar-refractivity contribution in [2.24, 2.45) is 0 Å². The van der Waals surface area contributed by atoms with Crippen molar-refractivity contribution in [3.63, 3.8) is 0 Å². The number of ether oxygens (including phenoxy) is 1. The summed E-state index contributed by atoms with van der Waals surface area (Å²) in [4.78, 5) is 0. The van der Waals surface area contributed by atoms with Crippen LogP contribution in [0.4, 0.5) is 13.2 Å². The molecule has 0 aromatic heterocycles. The molecule has 0 saturated carbocycles. The van der Waals surface area contributed by atoms with Gasteiger partial charge in [-0.2, -0.15) is 13.2 Å². The van der Waals surface area contributed by atoms with E-state index in [2.05, 4.69) is 15.9 Å². The largest absolute Gasteiger partial charge is 0.489 e. The van der Waals surface area contributed by atoms with Gasteiger partial charge in [0, 0.05) is 4.47 Å². The first-order chi connectivity index (χ1) is 9.90. The third-order valence-corrected chi connectivity index (χ3v) is 3.65. The van der Waals surface area contributed by atoms with Gasteiger partial charge < -0.3 is 9.84 Å². The topological polar surface area (TPSA) is 29.5 Å². The third kappa shape index (κ3) is 4.22. The van der Waals surface area contributed by atoms with Gasteiger partial charge in [0.1, 0.15) is 12.4 Å². The normalized spacial score (nSPS) is 11.5. The Morgan fingerprint density at radius 2 is 1.71 bits per heavy atom. The number of alkyl halides is 3. The molecule has 112 valence electrons. The molecule has 0 heterocycles. The Hall–Kier alpha value is -1.53. The number of hydrogen-bond acceptors (Lipinski definition) is 2. The van der Waals surface area contributed by atoms with E-state index in [-0.39, 0.29) is 13.2 Å². The van der Waals surface area contributed by atoms with Gasteiger partial charge in [0.2, 0.25) is 0 Å². The molecule has 0 spiro atoms. The van der Waals surface area contributed by atoms with Crippen LogP contribution in [0.25, 0.3) is 0 Å². The number of aliphatic hydroxyl groups is 1. The summed E-state index contributed by atoms with van der Waals surface area (Å²) in [6, 6.07) is 9.96. The molecule has 0 aliphatic heterocycles. The average Bonchev–Trinajstić information content (AvgIpc) is 2.46. The maximum absolute atomic E-state index is 12.4. The fraction of sp³-hybridized carbons (Fsp3) is 0.200. The van der Waals surface area contributed by atoms with Gasteiger partial charge >= 0.3 is 6.18 Å². The van der Waals surface area contributed by atoms with E-state index in [1.807, 2.05) is 0 Å². The summed E-state index contributed by atoms with van der Waals surface area (Å²) in [5.41, 5.74) is 0.633. The van der Waals surface area contributed by atoms with E-state index >= 15 is 0 Å². The Balaban J connectivity index is 2.03. The van der Waals surface area contributed by atoms with Crippen molar-refractivity contribution in [3.8, 4) is 5.75 Å². The van der Waals surface area contributed by atoms with Crippen LogP contribution in [0.1, 0.15) is 16.7 Å². The number of halogens is 4. The molecule has 0 bridgehead atoms. The SMILES string of the molecule is OCc1cc(OCc2ccc(C(F)(F)F)cc2)ccc1Br. The molecule has 2 nitrogen and oxygen atoms in total. The molecule has 2 aromatic carbocycles. The summed E-state index contributed by atoms with van der Waals surface area (Å²) >= 11 is 3.29. The van der Waals surface area contributed by atoms with Crippen molar-refractivity contribution in [2.45, 2.75) is 19.4 Å². The number of rotatable bonds is 4. The van der Waals surface area contributed by atoms with Crippen LogP contribution in [0, 0.1) is 0 Å². The molecule has 1 N–H and O–H groups in total. The first kappa shape index (κ1) is 15.9. The molecule has 0 saturated heterocycles. The van der Waals surface area contributed by atoms with Gasteiger partial charge in [-0.1, -0.05) is 28.1 Å². The Bertz CT molecular complexity index is 609. The lowest BCUT2D eigenvalue weighted by Gasteiger charge is -2.10. The molecule has 0 amide bonds. The molecular formula is C15H12BrF3O2. The zero-order chi connectivity index (χ0) is 15.5. The predicted octanol–water partition coefficient (Wildman–Crippen LogP) is 4.54. The summed E-state index contributed by atoms with van der Waals surface area (Å²) < 4.78 is 43.6. The van der Waals surface area contributed by atoms with Crippen molar-refractivity contribution < 1.29 is 23.0 Å². The lowest BCUT2D eigenvalue weighted by Crippen LogP contribution is -2.05. The van der Waals surface area contributed by atoms with E-state index in [0.717, 1.165) is 16.6 Å². The molecule has 2 rings (SSSR count). The number of benzene rings is 2. The minimum atomic E-state index is -4.33.